The highest BCUT2D eigenvalue weighted by atomic mass is 16.2. The summed E-state index contributed by atoms with van der Waals surface area (Å²) < 4.78 is 0. The topological polar surface area (TPSA) is 49.3 Å². The van der Waals surface area contributed by atoms with E-state index in [0.717, 1.165) is 11.3 Å². The summed E-state index contributed by atoms with van der Waals surface area (Å²) in [6.45, 7) is 1.93. The number of hydrogen-bond donors (Lipinski definition) is 2. The first-order valence-electron chi connectivity index (χ1n) is 4.26. The first-order chi connectivity index (χ1) is 6.27. The fourth-order valence-corrected chi connectivity index (χ4v) is 1.16. The Morgan fingerprint density at radius 2 is 2.08 bits per heavy atom. The standard InChI is InChI=1S/C8H7NO.C2H6O/c10-8-5-6-3-1-2-4-7(6)9-8;1-2-3/h1-4H,5H2,(H,9,10);3H,2H2,1H3. The number of carbonyl (C=O) groups is 1. The van der Waals surface area contributed by atoms with Crippen molar-refractivity contribution in [1.29, 1.82) is 0 Å². The molecule has 2 N–H and O–H groups in total. The van der Waals surface area contributed by atoms with E-state index in [1.165, 1.54) is 0 Å². The molecule has 1 aromatic rings. The van der Waals surface area contributed by atoms with E-state index in [-0.39, 0.29) is 12.5 Å². The lowest BCUT2D eigenvalue weighted by Gasteiger charge is -1.93. The second-order valence-electron chi connectivity index (χ2n) is 2.70. The number of nitrogens with one attached hydrogen (secondary N) is 1. The second-order valence-corrected chi connectivity index (χ2v) is 2.70. The normalized spacial score (nSPS) is 12.6. The minimum absolute atomic E-state index is 0.0983. The van der Waals surface area contributed by atoms with Crippen LogP contribution < -0.4 is 5.32 Å². The van der Waals surface area contributed by atoms with Gasteiger partial charge < -0.3 is 10.4 Å². The Balaban J connectivity index is 0.000000251. The maximum Gasteiger partial charge on any atom is 0.228 e. The Morgan fingerprint density at radius 1 is 1.46 bits per heavy atom. The van der Waals surface area contributed by atoms with Crippen molar-refractivity contribution in [2.24, 2.45) is 0 Å². The third kappa shape index (κ3) is 2.56. The van der Waals surface area contributed by atoms with E-state index < -0.39 is 0 Å². The molecule has 70 valence electrons. The van der Waals surface area contributed by atoms with Gasteiger partial charge in [-0.3, -0.25) is 4.79 Å². The zero-order valence-corrected chi connectivity index (χ0v) is 7.58. The molecular formula is C10H13NO2. The lowest BCUT2D eigenvalue weighted by atomic mass is 10.2. The van der Waals surface area contributed by atoms with Crippen LogP contribution in [0.5, 0.6) is 0 Å². The van der Waals surface area contributed by atoms with Gasteiger partial charge in [-0.15, -0.1) is 0 Å². The first-order valence-corrected chi connectivity index (χ1v) is 4.26. The van der Waals surface area contributed by atoms with Gasteiger partial charge in [0.1, 0.15) is 0 Å². The molecule has 0 fully saturated rings. The smallest absolute Gasteiger partial charge is 0.228 e. The number of aliphatic hydroxyl groups is 1. The molecule has 0 aromatic heterocycles. The van der Waals surface area contributed by atoms with Crippen molar-refractivity contribution < 1.29 is 9.90 Å². The van der Waals surface area contributed by atoms with Gasteiger partial charge in [0.15, 0.2) is 0 Å². The summed E-state index contributed by atoms with van der Waals surface area (Å²) in [5.74, 6) is 0.0983. The quantitative estimate of drug-likeness (QED) is 0.628. The summed E-state index contributed by atoms with van der Waals surface area (Å²) in [7, 11) is 0. The molecule has 0 spiro atoms. The lowest BCUT2D eigenvalue weighted by molar-refractivity contribution is -0.115. The van der Waals surface area contributed by atoms with Gasteiger partial charge in [-0.2, -0.15) is 0 Å². The van der Waals surface area contributed by atoms with Crippen molar-refractivity contribution in [2.75, 3.05) is 11.9 Å². The molecule has 0 saturated heterocycles. The maximum absolute atomic E-state index is 10.8. The average molecular weight is 179 g/mol. The van der Waals surface area contributed by atoms with Gasteiger partial charge >= 0.3 is 0 Å². The molecule has 0 radical (unpaired) electrons. The average Bonchev–Trinajstić information content (AvgIpc) is 2.45. The number of benzene rings is 1. The van der Waals surface area contributed by atoms with Crippen molar-refractivity contribution in [3.8, 4) is 0 Å². The number of amides is 1. The van der Waals surface area contributed by atoms with Crippen LogP contribution in [0.2, 0.25) is 0 Å². The van der Waals surface area contributed by atoms with E-state index in [9.17, 15) is 4.79 Å². The fraction of sp³-hybridized carbons (Fsp3) is 0.300. The van der Waals surface area contributed by atoms with Gasteiger partial charge in [-0.1, -0.05) is 18.2 Å². The molecule has 13 heavy (non-hydrogen) atoms. The van der Waals surface area contributed by atoms with Crippen molar-refractivity contribution in [1.82, 2.24) is 0 Å². The molecule has 0 atom stereocenters. The monoisotopic (exact) mass is 179 g/mol. The molecule has 1 aromatic carbocycles. The van der Waals surface area contributed by atoms with E-state index in [0.29, 0.717) is 6.42 Å². The minimum Gasteiger partial charge on any atom is -0.397 e. The number of fused-ring (bicyclic) bond motifs is 1. The van der Waals surface area contributed by atoms with E-state index >= 15 is 0 Å². The van der Waals surface area contributed by atoms with Crippen LogP contribution in [0.4, 0.5) is 5.69 Å². The van der Waals surface area contributed by atoms with Crippen LogP contribution in [0.1, 0.15) is 12.5 Å². The van der Waals surface area contributed by atoms with Crippen LogP contribution in [-0.4, -0.2) is 17.6 Å². The van der Waals surface area contributed by atoms with Gasteiger partial charge in [0, 0.05) is 12.3 Å². The summed E-state index contributed by atoms with van der Waals surface area (Å²) in [6.07, 6.45) is 0.538. The number of rotatable bonds is 0. The summed E-state index contributed by atoms with van der Waals surface area (Å²) in [4.78, 5) is 10.8. The fourth-order valence-electron chi connectivity index (χ4n) is 1.16. The van der Waals surface area contributed by atoms with Gasteiger partial charge in [-0.05, 0) is 18.6 Å². The third-order valence-electron chi connectivity index (χ3n) is 1.64. The molecule has 0 bridgehead atoms. The van der Waals surface area contributed by atoms with E-state index in [1.54, 1.807) is 6.92 Å². The predicted octanol–water partition coefficient (Wildman–Crippen LogP) is 1.18. The Bertz CT molecular complexity index is 270. The van der Waals surface area contributed by atoms with Crippen LogP contribution in [0.3, 0.4) is 0 Å². The number of aliphatic hydroxyl groups excluding tert-OH is 1. The van der Waals surface area contributed by atoms with Crippen LogP contribution in [0.25, 0.3) is 0 Å². The molecule has 3 nitrogen and oxygen atoms in total. The highest BCUT2D eigenvalue weighted by molar-refractivity contribution is 5.98. The molecule has 1 aliphatic heterocycles. The van der Waals surface area contributed by atoms with Crippen molar-refractivity contribution in [3.63, 3.8) is 0 Å². The highest BCUT2D eigenvalue weighted by Gasteiger charge is 2.15. The van der Waals surface area contributed by atoms with Crippen molar-refractivity contribution in [2.45, 2.75) is 13.3 Å². The summed E-state index contributed by atoms with van der Waals surface area (Å²) in [5, 5.41) is 10.3. The molecule has 3 heteroatoms. The molecule has 0 aliphatic carbocycles. The van der Waals surface area contributed by atoms with Crippen molar-refractivity contribution in [3.05, 3.63) is 29.8 Å². The number of para-hydroxylation sites is 1. The summed E-state index contributed by atoms with van der Waals surface area (Å²) in [5.41, 5.74) is 2.07. The molecule has 0 saturated carbocycles. The molecule has 1 amide bonds. The molecule has 0 unspecified atom stereocenters. The Labute approximate surface area is 77.4 Å². The van der Waals surface area contributed by atoms with Gasteiger partial charge in [0.25, 0.3) is 0 Å². The predicted molar refractivity (Wildman–Crippen MR) is 51.5 cm³/mol. The molecular weight excluding hydrogens is 166 g/mol. The SMILES string of the molecule is CCO.O=C1Cc2ccccc2N1. The molecule has 2 rings (SSSR count). The highest BCUT2D eigenvalue weighted by Crippen LogP contribution is 2.20. The van der Waals surface area contributed by atoms with E-state index in [4.69, 9.17) is 5.11 Å². The Morgan fingerprint density at radius 3 is 2.69 bits per heavy atom. The van der Waals surface area contributed by atoms with Crippen LogP contribution >= 0.6 is 0 Å². The summed E-state index contributed by atoms with van der Waals surface area (Å²) >= 11 is 0. The molecule has 1 aliphatic rings. The van der Waals surface area contributed by atoms with Gasteiger partial charge in [0.2, 0.25) is 5.91 Å². The van der Waals surface area contributed by atoms with Crippen LogP contribution in [0, 0.1) is 0 Å². The van der Waals surface area contributed by atoms with E-state index in [1.807, 2.05) is 24.3 Å². The van der Waals surface area contributed by atoms with Gasteiger partial charge in [0.05, 0.1) is 6.42 Å². The van der Waals surface area contributed by atoms with E-state index in [2.05, 4.69) is 5.32 Å². The minimum atomic E-state index is 0.0983. The zero-order valence-electron chi connectivity index (χ0n) is 7.58. The zero-order chi connectivity index (χ0) is 9.68. The van der Waals surface area contributed by atoms with Crippen LogP contribution in [0.15, 0.2) is 24.3 Å². The third-order valence-corrected chi connectivity index (χ3v) is 1.64. The summed E-state index contributed by atoms with van der Waals surface area (Å²) in [6, 6.07) is 7.75. The number of hydrogen-bond acceptors (Lipinski definition) is 2. The van der Waals surface area contributed by atoms with Crippen LogP contribution in [-0.2, 0) is 11.2 Å². The Hall–Kier alpha value is -1.35. The second kappa shape index (κ2) is 4.62. The maximum atomic E-state index is 10.8. The van der Waals surface area contributed by atoms with Gasteiger partial charge in [-0.25, -0.2) is 0 Å². The Kier molecular flexibility index (Phi) is 3.46. The first kappa shape index (κ1) is 9.74. The number of anilines is 1. The lowest BCUT2D eigenvalue weighted by Crippen LogP contribution is -2.03. The molecule has 1 heterocycles. The number of carbonyl (C=O) groups excluding carboxylic acids is 1. The van der Waals surface area contributed by atoms with Crippen molar-refractivity contribution >= 4 is 11.6 Å². The largest absolute Gasteiger partial charge is 0.397 e.